The molecule has 0 atom stereocenters. The lowest BCUT2D eigenvalue weighted by Gasteiger charge is -2.07. The lowest BCUT2D eigenvalue weighted by atomic mass is 10.0. The van der Waals surface area contributed by atoms with Crippen LogP contribution in [-0.2, 0) is 6.42 Å². The van der Waals surface area contributed by atoms with Crippen LogP contribution in [-0.4, -0.2) is 15.5 Å². The fraction of sp³-hybridized carbons (Fsp3) is 0.462. The third kappa shape index (κ3) is 1.83. The van der Waals surface area contributed by atoms with Crippen LogP contribution in [0, 0.1) is 6.92 Å². The highest BCUT2D eigenvalue weighted by Gasteiger charge is 2.37. The minimum Gasteiger partial charge on any atom is -0.342 e. The molecule has 0 radical (unpaired) electrons. The van der Waals surface area contributed by atoms with Gasteiger partial charge in [-0.3, -0.25) is 0 Å². The van der Waals surface area contributed by atoms with Crippen LogP contribution in [0.4, 0.5) is 0 Å². The fourth-order valence-corrected chi connectivity index (χ4v) is 2.14. The van der Waals surface area contributed by atoms with E-state index in [9.17, 15) is 0 Å². The van der Waals surface area contributed by atoms with Crippen LogP contribution in [0.3, 0.4) is 0 Å². The molecule has 3 heteroatoms. The molecular formula is C13H17N3. The predicted octanol–water partition coefficient (Wildman–Crippen LogP) is 2.30. The number of imidazole rings is 1. The van der Waals surface area contributed by atoms with Gasteiger partial charge in [-0.05, 0) is 50.3 Å². The highest BCUT2D eigenvalue weighted by molar-refractivity contribution is 5.75. The van der Waals surface area contributed by atoms with Crippen LogP contribution in [0.15, 0.2) is 18.2 Å². The van der Waals surface area contributed by atoms with Gasteiger partial charge in [0.05, 0.1) is 11.0 Å². The van der Waals surface area contributed by atoms with Crippen LogP contribution < -0.4 is 5.73 Å². The number of aromatic amines is 1. The second-order valence-corrected chi connectivity index (χ2v) is 5.04. The standard InChI is InChI=1S/C13H17N3/c1-9-15-11-3-2-10(8-12(11)16-9)4-5-13(14)6-7-13/h2-3,8H,4-7,14H2,1H3,(H,15,16). The van der Waals surface area contributed by atoms with Gasteiger partial charge in [0, 0.05) is 5.54 Å². The molecule has 1 fully saturated rings. The molecule has 0 saturated heterocycles. The van der Waals surface area contributed by atoms with Gasteiger partial charge in [-0.2, -0.15) is 0 Å². The Hall–Kier alpha value is -1.35. The Bertz CT molecular complexity index is 523. The number of nitrogens with two attached hydrogens (primary N) is 1. The molecule has 2 aromatic rings. The second-order valence-electron chi connectivity index (χ2n) is 5.04. The van der Waals surface area contributed by atoms with Crippen molar-refractivity contribution in [2.75, 3.05) is 0 Å². The average Bonchev–Trinajstić information content (AvgIpc) is 2.87. The first-order valence-corrected chi connectivity index (χ1v) is 5.89. The topological polar surface area (TPSA) is 54.7 Å². The third-order valence-corrected chi connectivity index (χ3v) is 3.47. The summed E-state index contributed by atoms with van der Waals surface area (Å²) in [6, 6.07) is 6.44. The van der Waals surface area contributed by atoms with E-state index in [1.54, 1.807) is 0 Å². The summed E-state index contributed by atoms with van der Waals surface area (Å²) in [6.07, 6.45) is 4.56. The van der Waals surface area contributed by atoms with E-state index in [-0.39, 0.29) is 5.54 Å². The minimum atomic E-state index is 0.152. The summed E-state index contributed by atoms with van der Waals surface area (Å²) < 4.78 is 0. The van der Waals surface area contributed by atoms with Gasteiger partial charge < -0.3 is 10.7 Å². The number of aromatic nitrogens is 2. The van der Waals surface area contributed by atoms with Crippen LogP contribution >= 0.6 is 0 Å². The van der Waals surface area contributed by atoms with Gasteiger partial charge in [0.1, 0.15) is 5.82 Å². The van der Waals surface area contributed by atoms with Crippen molar-refractivity contribution in [3.8, 4) is 0 Å². The zero-order valence-electron chi connectivity index (χ0n) is 9.59. The Morgan fingerprint density at radius 3 is 3.00 bits per heavy atom. The summed E-state index contributed by atoms with van der Waals surface area (Å²) in [6.45, 7) is 1.98. The lowest BCUT2D eigenvalue weighted by molar-refractivity contribution is 0.609. The van der Waals surface area contributed by atoms with Crippen molar-refractivity contribution < 1.29 is 0 Å². The van der Waals surface area contributed by atoms with Gasteiger partial charge in [-0.1, -0.05) is 6.07 Å². The van der Waals surface area contributed by atoms with Crippen molar-refractivity contribution in [2.24, 2.45) is 5.73 Å². The maximum Gasteiger partial charge on any atom is 0.104 e. The molecular weight excluding hydrogens is 198 g/mol. The fourth-order valence-electron chi connectivity index (χ4n) is 2.14. The first kappa shape index (κ1) is 9.85. The van der Waals surface area contributed by atoms with Crippen LogP contribution in [0.25, 0.3) is 11.0 Å². The lowest BCUT2D eigenvalue weighted by Crippen LogP contribution is -2.22. The van der Waals surface area contributed by atoms with E-state index < -0.39 is 0 Å². The predicted molar refractivity (Wildman–Crippen MR) is 65.3 cm³/mol. The first-order valence-electron chi connectivity index (χ1n) is 5.89. The van der Waals surface area contributed by atoms with E-state index in [1.807, 2.05) is 6.92 Å². The van der Waals surface area contributed by atoms with E-state index in [0.29, 0.717) is 0 Å². The Labute approximate surface area is 95.1 Å². The smallest absolute Gasteiger partial charge is 0.104 e. The molecule has 1 aromatic heterocycles. The quantitative estimate of drug-likeness (QED) is 0.825. The average molecular weight is 215 g/mol. The molecule has 1 aliphatic carbocycles. The van der Waals surface area contributed by atoms with Gasteiger partial charge in [-0.25, -0.2) is 4.98 Å². The molecule has 0 amide bonds. The molecule has 0 unspecified atom stereocenters. The van der Waals surface area contributed by atoms with Gasteiger partial charge in [-0.15, -0.1) is 0 Å². The maximum absolute atomic E-state index is 6.09. The molecule has 1 aromatic carbocycles. The summed E-state index contributed by atoms with van der Waals surface area (Å²) in [5.74, 6) is 0.977. The Balaban J connectivity index is 1.81. The van der Waals surface area contributed by atoms with Gasteiger partial charge in [0.15, 0.2) is 0 Å². The maximum atomic E-state index is 6.09. The molecule has 16 heavy (non-hydrogen) atoms. The van der Waals surface area contributed by atoms with E-state index in [0.717, 1.165) is 29.7 Å². The van der Waals surface area contributed by atoms with Gasteiger partial charge >= 0.3 is 0 Å². The monoisotopic (exact) mass is 215 g/mol. The number of aryl methyl sites for hydroxylation is 2. The van der Waals surface area contributed by atoms with Crippen molar-refractivity contribution in [1.82, 2.24) is 9.97 Å². The molecule has 1 aliphatic rings. The molecule has 0 bridgehead atoms. The number of H-pyrrole nitrogens is 1. The largest absolute Gasteiger partial charge is 0.342 e. The van der Waals surface area contributed by atoms with Crippen molar-refractivity contribution in [3.05, 3.63) is 29.6 Å². The summed E-state index contributed by atoms with van der Waals surface area (Å²) in [5, 5.41) is 0. The zero-order valence-corrected chi connectivity index (χ0v) is 9.59. The summed E-state index contributed by atoms with van der Waals surface area (Å²) >= 11 is 0. The summed E-state index contributed by atoms with van der Waals surface area (Å²) in [4.78, 5) is 7.66. The SMILES string of the molecule is Cc1nc2ccc(CCC3(N)CC3)cc2[nH]1. The van der Waals surface area contributed by atoms with Crippen LogP contribution in [0.2, 0.25) is 0 Å². The second kappa shape index (κ2) is 3.32. The van der Waals surface area contributed by atoms with Crippen molar-refractivity contribution in [3.63, 3.8) is 0 Å². The number of nitrogens with zero attached hydrogens (tertiary/aromatic N) is 1. The van der Waals surface area contributed by atoms with E-state index in [4.69, 9.17) is 5.73 Å². The molecule has 3 rings (SSSR count). The van der Waals surface area contributed by atoms with E-state index >= 15 is 0 Å². The van der Waals surface area contributed by atoms with E-state index in [1.165, 1.54) is 18.4 Å². The van der Waals surface area contributed by atoms with Crippen molar-refractivity contribution >= 4 is 11.0 Å². The minimum absolute atomic E-state index is 0.152. The number of nitrogens with one attached hydrogen (secondary N) is 1. The van der Waals surface area contributed by atoms with E-state index in [2.05, 4.69) is 28.2 Å². The Kier molecular flexibility index (Phi) is 2.04. The number of benzene rings is 1. The van der Waals surface area contributed by atoms with Crippen LogP contribution in [0.1, 0.15) is 30.7 Å². The molecule has 0 aliphatic heterocycles. The van der Waals surface area contributed by atoms with Gasteiger partial charge in [0.2, 0.25) is 0 Å². The van der Waals surface area contributed by atoms with Crippen LogP contribution in [0.5, 0.6) is 0 Å². The highest BCUT2D eigenvalue weighted by Crippen LogP contribution is 2.36. The van der Waals surface area contributed by atoms with Gasteiger partial charge in [0.25, 0.3) is 0 Å². The number of fused-ring (bicyclic) bond motifs is 1. The number of hydrogen-bond donors (Lipinski definition) is 2. The normalized spacial score (nSPS) is 17.9. The summed E-state index contributed by atoms with van der Waals surface area (Å²) in [7, 11) is 0. The molecule has 1 heterocycles. The molecule has 3 N–H and O–H groups in total. The number of hydrogen-bond acceptors (Lipinski definition) is 2. The first-order chi connectivity index (χ1) is 7.65. The van der Waals surface area contributed by atoms with Crippen molar-refractivity contribution in [2.45, 2.75) is 38.1 Å². The Morgan fingerprint density at radius 2 is 2.25 bits per heavy atom. The highest BCUT2D eigenvalue weighted by atomic mass is 14.9. The zero-order chi connectivity index (χ0) is 11.2. The van der Waals surface area contributed by atoms with Crippen molar-refractivity contribution in [1.29, 1.82) is 0 Å². The molecule has 1 saturated carbocycles. The molecule has 84 valence electrons. The molecule has 3 nitrogen and oxygen atoms in total. The summed E-state index contributed by atoms with van der Waals surface area (Å²) in [5.41, 5.74) is 9.78. The number of rotatable bonds is 3. The third-order valence-electron chi connectivity index (χ3n) is 3.47. The molecule has 0 spiro atoms. The Morgan fingerprint density at radius 1 is 1.44 bits per heavy atom.